The molecule has 114 valence electrons. The fourth-order valence-corrected chi connectivity index (χ4v) is 3.53. The fraction of sp³-hybridized carbons (Fsp3) is 0.500. The minimum atomic E-state index is -0.286. The number of carbonyl (C=O) groups is 2. The van der Waals surface area contributed by atoms with Crippen LogP contribution < -0.4 is 0 Å². The summed E-state index contributed by atoms with van der Waals surface area (Å²) in [4.78, 5) is 29.2. The largest absolute Gasteiger partial charge is 0.347 e. The highest BCUT2D eigenvalue weighted by molar-refractivity contribution is 8.00. The molecule has 0 saturated carbocycles. The molecule has 2 rings (SSSR count). The Labute approximate surface area is 130 Å². The number of carbonyl (C=O) groups excluding carboxylic acids is 2. The Bertz CT molecular complexity index is 504. The highest BCUT2D eigenvalue weighted by Gasteiger charge is 2.36. The van der Waals surface area contributed by atoms with E-state index in [-0.39, 0.29) is 23.1 Å². The summed E-state index contributed by atoms with van der Waals surface area (Å²) in [7, 11) is 3.48. The van der Waals surface area contributed by atoms with Gasteiger partial charge in [-0.25, -0.2) is 0 Å². The molecule has 4 nitrogen and oxygen atoms in total. The van der Waals surface area contributed by atoms with E-state index in [4.69, 9.17) is 0 Å². The summed E-state index contributed by atoms with van der Waals surface area (Å²) in [5, 5.41) is -0.178. The molecule has 0 spiro atoms. The lowest BCUT2D eigenvalue weighted by Gasteiger charge is -2.28. The Morgan fingerprint density at radius 3 is 2.57 bits per heavy atom. The van der Waals surface area contributed by atoms with E-state index < -0.39 is 0 Å². The number of nitrogens with zero attached hydrogens (tertiary/aromatic N) is 2. The van der Waals surface area contributed by atoms with Gasteiger partial charge in [0.25, 0.3) is 0 Å². The van der Waals surface area contributed by atoms with E-state index in [9.17, 15) is 9.59 Å². The highest BCUT2D eigenvalue weighted by Crippen LogP contribution is 2.27. The molecule has 1 fully saturated rings. The Morgan fingerprint density at radius 1 is 1.29 bits per heavy atom. The van der Waals surface area contributed by atoms with Crippen molar-refractivity contribution in [2.24, 2.45) is 0 Å². The van der Waals surface area contributed by atoms with Crippen molar-refractivity contribution in [3.05, 3.63) is 30.3 Å². The molecule has 0 aliphatic carbocycles. The quantitative estimate of drug-likeness (QED) is 0.801. The first-order valence-electron chi connectivity index (χ1n) is 7.24. The zero-order valence-electron chi connectivity index (χ0n) is 12.8. The number of amides is 2. The second-order valence-corrected chi connectivity index (χ2v) is 6.91. The zero-order valence-corrected chi connectivity index (χ0v) is 13.6. The van der Waals surface area contributed by atoms with E-state index in [1.807, 2.05) is 37.3 Å². The standard InChI is InChI=1S/C16H22N2O2S/c1-12(21-13-8-5-4-6-9-13)15(19)18-11-7-10-14(18)16(20)17(2)3/h4-6,8-9,12,14H,7,10-11H2,1-3H3. The monoisotopic (exact) mass is 306 g/mol. The van der Waals surface area contributed by atoms with Gasteiger partial charge >= 0.3 is 0 Å². The second kappa shape index (κ2) is 6.98. The Hall–Kier alpha value is -1.49. The van der Waals surface area contributed by atoms with Gasteiger partial charge in [0.1, 0.15) is 6.04 Å². The molecule has 0 aromatic heterocycles. The maximum atomic E-state index is 12.6. The van der Waals surface area contributed by atoms with Crippen molar-refractivity contribution >= 4 is 23.6 Å². The van der Waals surface area contributed by atoms with Crippen LogP contribution in [0.5, 0.6) is 0 Å². The molecule has 2 atom stereocenters. The summed E-state index contributed by atoms with van der Waals surface area (Å²) < 4.78 is 0. The summed E-state index contributed by atoms with van der Waals surface area (Å²) in [5.41, 5.74) is 0. The van der Waals surface area contributed by atoms with Gasteiger partial charge in [0, 0.05) is 25.5 Å². The van der Waals surface area contributed by atoms with E-state index in [2.05, 4.69) is 0 Å². The van der Waals surface area contributed by atoms with Crippen LogP contribution in [0.15, 0.2) is 35.2 Å². The lowest BCUT2D eigenvalue weighted by Crippen LogP contribution is -2.47. The molecule has 2 unspecified atom stereocenters. The molecule has 1 heterocycles. The summed E-state index contributed by atoms with van der Waals surface area (Å²) in [6.45, 7) is 2.60. The van der Waals surface area contributed by atoms with Gasteiger partial charge in [0.15, 0.2) is 0 Å². The third kappa shape index (κ3) is 3.79. The lowest BCUT2D eigenvalue weighted by molar-refractivity contribution is -0.141. The Morgan fingerprint density at radius 2 is 1.95 bits per heavy atom. The SMILES string of the molecule is CC(Sc1ccccc1)C(=O)N1CCCC1C(=O)N(C)C. The fourth-order valence-electron chi connectivity index (χ4n) is 2.57. The van der Waals surface area contributed by atoms with Crippen LogP contribution in [0.1, 0.15) is 19.8 Å². The van der Waals surface area contributed by atoms with Crippen LogP contribution in [0.3, 0.4) is 0 Å². The van der Waals surface area contributed by atoms with E-state index in [1.54, 1.807) is 35.7 Å². The summed E-state index contributed by atoms with van der Waals surface area (Å²) >= 11 is 1.54. The van der Waals surface area contributed by atoms with Gasteiger partial charge in [-0.2, -0.15) is 0 Å². The minimum absolute atomic E-state index is 0.0257. The smallest absolute Gasteiger partial charge is 0.244 e. The topological polar surface area (TPSA) is 40.6 Å². The van der Waals surface area contributed by atoms with Crippen molar-refractivity contribution in [1.82, 2.24) is 9.80 Å². The molecule has 0 bridgehead atoms. The summed E-state index contributed by atoms with van der Waals surface area (Å²) in [6.07, 6.45) is 1.67. The Kier molecular flexibility index (Phi) is 5.28. The zero-order chi connectivity index (χ0) is 15.4. The highest BCUT2D eigenvalue weighted by atomic mass is 32.2. The first-order valence-corrected chi connectivity index (χ1v) is 8.12. The van der Waals surface area contributed by atoms with Crippen molar-refractivity contribution in [2.75, 3.05) is 20.6 Å². The van der Waals surface area contributed by atoms with Gasteiger partial charge in [-0.05, 0) is 31.9 Å². The number of rotatable bonds is 4. The lowest BCUT2D eigenvalue weighted by atomic mass is 10.2. The van der Waals surface area contributed by atoms with Crippen molar-refractivity contribution in [3.63, 3.8) is 0 Å². The number of thioether (sulfide) groups is 1. The average Bonchev–Trinajstić information content (AvgIpc) is 2.95. The number of hydrogen-bond donors (Lipinski definition) is 0. The molecule has 1 saturated heterocycles. The van der Waals surface area contributed by atoms with Crippen molar-refractivity contribution < 1.29 is 9.59 Å². The first-order chi connectivity index (χ1) is 10.0. The van der Waals surface area contributed by atoms with Gasteiger partial charge in [-0.15, -0.1) is 11.8 Å². The molecule has 5 heteroatoms. The molecular weight excluding hydrogens is 284 g/mol. The number of hydrogen-bond acceptors (Lipinski definition) is 3. The third-order valence-corrected chi connectivity index (χ3v) is 4.77. The van der Waals surface area contributed by atoms with Crippen LogP contribution in [-0.2, 0) is 9.59 Å². The van der Waals surface area contributed by atoms with Gasteiger partial charge < -0.3 is 9.80 Å². The van der Waals surface area contributed by atoms with Crippen LogP contribution in [0.4, 0.5) is 0 Å². The van der Waals surface area contributed by atoms with Crippen molar-refractivity contribution in [3.8, 4) is 0 Å². The van der Waals surface area contributed by atoms with E-state index in [0.29, 0.717) is 6.54 Å². The molecule has 0 N–H and O–H groups in total. The number of benzene rings is 1. The maximum absolute atomic E-state index is 12.6. The summed E-state index contributed by atoms with van der Waals surface area (Å²) in [5.74, 6) is 0.0827. The molecule has 1 aromatic carbocycles. The first kappa shape index (κ1) is 15.9. The molecule has 1 aliphatic heterocycles. The molecule has 1 aromatic rings. The number of likely N-dealkylation sites (tertiary alicyclic amines) is 1. The van der Waals surface area contributed by atoms with Gasteiger partial charge in [-0.3, -0.25) is 9.59 Å². The van der Waals surface area contributed by atoms with Crippen molar-refractivity contribution in [1.29, 1.82) is 0 Å². The van der Waals surface area contributed by atoms with Crippen molar-refractivity contribution in [2.45, 2.75) is 36.0 Å². The maximum Gasteiger partial charge on any atom is 0.244 e. The second-order valence-electron chi connectivity index (χ2n) is 5.50. The third-order valence-electron chi connectivity index (χ3n) is 3.67. The van der Waals surface area contributed by atoms with E-state index in [1.165, 1.54) is 0 Å². The van der Waals surface area contributed by atoms with Crippen LogP contribution in [0.25, 0.3) is 0 Å². The van der Waals surface area contributed by atoms with Gasteiger partial charge in [0.05, 0.1) is 5.25 Å². The van der Waals surface area contributed by atoms with Crippen LogP contribution in [0.2, 0.25) is 0 Å². The molecular formula is C16H22N2O2S. The predicted octanol–water partition coefficient (Wildman–Crippen LogP) is 2.25. The average molecular weight is 306 g/mol. The molecule has 1 aliphatic rings. The normalized spacial score (nSPS) is 19.4. The van der Waals surface area contributed by atoms with Crippen LogP contribution in [0, 0.1) is 0 Å². The van der Waals surface area contributed by atoms with E-state index in [0.717, 1.165) is 17.7 Å². The van der Waals surface area contributed by atoms with Crippen LogP contribution >= 0.6 is 11.8 Å². The van der Waals surface area contributed by atoms with Crippen LogP contribution in [-0.4, -0.2) is 53.5 Å². The molecule has 0 radical (unpaired) electrons. The molecule has 21 heavy (non-hydrogen) atoms. The minimum Gasteiger partial charge on any atom is -0.347 e. The predicted molar refractivity (Wildman–Crippen MR) is 85.2 cm³/mol. The Balaban J connectivity index is 2.03. The van der Waals surface area contributed by atoms with Gasteiger partial charge in [0.2, 0.25) is 11.8 Å². The number of likely N-dealkylation sites (N-methyl/N-ethyl adjacent to an activating group) is 1. The summed E-state index contributed by atoms with van der Waals surface area (Å²) in [6, 6.07) is 9.61. The van der Waals surface area contributed by atoms with Gasteiger partial charge in [-0.1, -0.05) is 18.2 Å². The van der Waals surface area contributed by atoms with E-state index >= 15 is 0 Å². The molecule has 2 amide bonds.